The van der Waals surface area contributed by atoms with E-state index < -0.39 is 6.29 Å². The molecule has 1 fully saturated rings. The fraction of sp³-hybridized carbons (Fsp3) is 0.929. The van der Waals surface area contributed by atoms with Crippen molar-refractivity contribution in [3.8, 4) is 0 Å². The lowest BCUT2D eigenvalue weighted by Crippen LogP contribution is -2.32. The molecule has 0 radical (unpaired) electrons. The highest BCUT2D eigenvalue weighted by Crippen LogP contribution is 1.97. The van der Waals surface area contributed by atoms with Crippen LogP contribution in [0.25, 0.3) is 0 Å². The smallest absolute Gasteiger partial charge is 0.305 e. The Morgan fingerprint density at radius 3 is 2.00 bits per heavy atom. The molecular formula is C14H28N2O6. The number of carbonyl (C=O) groups is 1. The molecule has 0 aromatic carbocycles. The van der Waals surface area contributed by atoms with Gasteiger partial charge in [0.1, 0.15) is 6.61 Å². The molecule has 1 heterocycles. The minimum atomic E-state index is -0.669. The van der Waals surface area contributed by atoms with Gasteiger partial charge >= 0.3 is 5.97 Å². The molecule has 2 N–H and O–H groups in total. The Labute approximate surface area is 131 Å². The lowest BCUT2D eigenvalue weighted by Gasteiger charge is -2.18. The predicted molar refractivity (Wildman–Crippen MR) is 79.7 cm³/mol. The topological polar surface area (TPSA) is 87.3 Å². The van der Waals surface area contributed by atoms with Gasteiger partial charge in [-0.2, -0.15) is 0 Å². The Kier molecular flexibility index (Phi) is 12.1. The van der Waals surface area contributed by atoms with Crippen molar-refractivity contribution in [1.29, 1.82) is 0 Å². The minimum absolute atomic E-state index is 0.223. The van der Waals surface area contributed by atoms with Crippen LogP contribution in [-0.4, -0.2) is 84.7 Å². The van der Waals surface area contributed by atoms with Gasteiger partial charge in [0, 0.05) is 33.1 Å². The van der Waals surface area contributed by atoms with Gasteiger partial charge in [-0.3, -0.25) is 4.79 Å². The van der Waals surface area contributed by atoms with Gasteiger partial charge in [0.05, 0.1) is 39.6 Å². The van der Waals surface area contributed by atoms with Gasteiger partial charge in [-0.1, -0.05) is 0 Å². The Bertz CT molecular complexity index is 262. The first-order valence-electron chi connectivity index (χ1n) is 7.72. The Balaban J connectivity index is 2.25. The molecule has 1 rings (SSSR count). The van der Waals surface area contributed by atoms with E-state index in [2.05, 4.69) is 10.6 Å². The Morgan fingerprint density at radius 2 is 1.41 bits per heavy atom. The molecule has 8 heteroatoms. The second kappa shape index (κ2) is 13.9. The van der Waals surface area contributed by atoms with E-state index in [-0.39, 0.29) is 12.6 Å². The van der Waals surface area contributed by atoms with Gasteiger partial charge in [0.2, 0.25) is 6.29 Å². The van der Waals surface area contributed by atoms with Crippen LogP contribution in [0.4, 0.5) is 0 Å². The lowest BCUT2D eigenvalue weighted by atomic mass is 10.5. The summed E-state index contributed by atoms with van der Waals surface area (Å²) in [6.45, 7) is 7.83. The Morgan fingerprint density at radius 1 is 0.864 bits per heavy atom. The Hall–Kier alpha value is -0.770. The molecule has 0 amide bonds. The standard InChI is InChI=1S/C14H28N2O6/c1-13(17)22-14-12-20-8-4-15-2-6-18-10-11-19-7-3-16-5-9-21-14/h14-16H,2-12H2,1H3/t14-/m0/s1. The molecular weight excluding hydrogens is 292 g/mol. The van der Waals surface area contributed by atoms with Gasteiger partial charge < -0.3 is 34.3 Å². The van der Waals surface area contributed by atoms with E-state index in [1.165, 1.54) is 6.92 Å². The van der Waals surface area contributed by atoms with Crippen molar-refractivity contribution in [3.05, 3.63) is 0 Å². The van der Waals surface area contributed by atoms with Gasteiger partial charge in [0.25, 0.3) is 0 Å². The van der Waals surface area contributed by atoms with E-state index in [1.807, 2.05) is 0 Å². The van der Waals surface area contributed by atoms with Crippen LogP contribution in [-0.2, 0) is 28.5 Å². The third-order valence-corrected chi connectivity index (χ3v) is 2.78. The minimum Gasteiger partial charge on any atom is -0.433 e. The molecule has 1 saturated heterocycles. The largest absolute Gasteiger partial charge is 0.433 e. The number of nitrogens with one attached hydrogen (secondary N) is 2. The summed E-state index contributed by atoms with van der Waals surface area (Å²) in [5, 5.41) is 6.38. The fourth-order valence-corrected chi connectivity index (χ4v) is 1.75. The van der Waals surface area contributed by atoms with Gasteiger partial charge in [-0.15, -0.1) is 0 Å². The van der Waals surface area contributed by atoms with Crippen molar-refractivity contribution in [1.82, 2.24) is 10.6 Å². The number of rotatable bonds is 1. The van der Waals surface area contributed by atoms with Gasteiger partial charge in [-0.25, -0.2) is 0 Å². The average Bonchev–Trinajstić information content (AvgIpc) is 2.48. The number of carbonyl (C=O) groups excluding carboxylic acids is 1. The normalized spacial score (nSPS) is 24.9. The maximum Gasteiger partial charge on any atom is 0.305 e. The highest BCUT2D eigenvalue weighted by atomic mass is 16.7. The molecule has 0 unspecified atom stereocenters. The number of ether oxygens (including phenoxy) is 5. The molecule has 0 bridgehead atoms. The molecule has 8 nitrogen and oxygen atoms in total. The molecule has 0 spiro atoms. The van der Waals surface area contributed by atoms with Crippen molar-refractivity contribution < 1.29 is 28.5 Å². The van der Waals surface area contributed by atoms with Crippen LogP contribution in [0.5, 0.6) is 0 Å². The first-order chi connectivity index (χ1) is 10.8. The zero-order valence-electron chi connectivity index (χ0n) is 13.3. The molecule has 22 heavy (non-hydrogen) atoms. The monoisotopic (exact) mass is 320 g/mol. The number of esters is 1. The highest BCUT2D eigenvalue weighted by molar-refractivity contribution is 5.66. The van der Waals surface area contributed by atoms with E-state index in [4.69, 9.17) is 23.7 Å². The molecule has 0 aromatic rings. The first kappa shape index (κ1) is 19.3. The molecule has 130 valence electrons. The van der Waals surface area contributed by atoms with Crippen molar-refractivity contribution in [2.45, 2.75) is 13.2 Å². The van der Waals surface area contributed by atoms with Gasteiger partial charge in [-0.05, 0) is 0 Å². The molecule has 1 aliphatic heterocycles. The zero-order valence-corrected chi connectivity index (χ0v) is 13.3. The van der Waals surface area contributed by atoms with E-state index in [0.29, 0.717) is 52.7 Å². The van der Waals surface area contributed by atoms with Crippen LogP contribution in [0.1, 0.15) is 6.92 Å². The second-order valence-electron chi connectivity index (χ2n) is 4.71. The molecule has 1 aliphatic rings. The quantitative estimate of drug-likeness (QED) is 0.603. The summed E-state index contributed by atoms with van der Waals surface area (Å²) >= 11 is 0. The molecule has 1 atom stereocenters. The maximum atomic E-state index is 11.0. The van der Waals surface area contributed by atoms with E-state index in [0.717, 1.165) is 13.1 Å². The van der Waals surface area contributed by atoms with Crippen LogP contribution in [0.15, 0.2) is 0 Å². The third-order valence-electron chi connectivity index (χ3n) is 2.78. The van der Waals surface area contributed by atoms with Crippen LogP contribution >= 0.6 is 0 Å². The second-order valence-corrected chi connectivity index (χ2v) is 4.71. The molecule has 0 saturated carbocycles. The predicted octanol–water partition coefficient (Wildman–Crippen LogP) is -0.865. The van der Waals surface area contributed by atoms with E-state index in [1.54, 1.807) is 0 Å². The zero-order chi connectivity index (χ0) is 15.9. The number of hydrogen-bond acceptors (Lipinski definition) is 8. The summed E-state index contributed by atoms with van der Waals surface area (Å²) < 4.78 is 26.8. The number of hydrogen-bond donors (Lipinski definition) is 2. The van der Waals surface area contributed by atoms with Gasteiger partial charge in [0.15, 0.2) is 0 Å². The van der Waals surface area contributed by atoms with Crippen molar-refractivity contribution in [3.63, 3.8) is 0 Å². The summed E-state index contributed by atoms with van der Waals surface area (Å²) in [5.74, 6) is -0.382. The summed E-state index contributed by atoms with van der Waals surface area (Å²) in [6.07, 6.45) is -0.669. The summed E-state index contributed by atoms with van der Waals surface area (Å²) in [7, 11) is 0. The maximum absolute atomic E-state index is 11.0. The average molecular weight is 320 g/mol. The fourth-order valence-electron chi connectivity index (χ4n) is 1.75. The third kappa shape index (κ3) is 11.8. The van der Waals surface area contributed by atoms with Crippen LogP contribution in [0.3, 0.4) is 0 Å². The van der Waals surface area contributed by atoms with Crippen LogP contribution < -0.4 is 10.6 Å². The molecule has 0 aromatic heterocycles. The highest BCUT2D eigenvalue weighted by Gasteiger charge is 2.12. The summed E-state index contributed by atoms with van der Waals surface area (Å²) in [6, 6.07) is 0. The van der Waals surface area contributed by atoms with Crippen molar-refractivity contribution in [2.75, 3.05) is 72.4 Å². The van der Waals surface area contributed by atoms with Crippen LogP contribution in [0, 0.1) is 0 Å². The SMILES string of the molecule is CC(=O)O[C@H]1COCCNCCOCCOCCNCCO1. The first-order valence-corrected chi connectivity index (χ1v) is 7.72. The summed E-state index contributed by atoms with van der Waals surface area (Å²) in [4.78, 5) is 11.0. The van der Waals surface area contributed by atoms with E-state index in [9.17, 15) is 4.79 Å². The summed E-state index contributed by atoms with van der Waals surface area (Å²) in [5.41, 5.74) is 0. The van der Waals surface area contributed by atoms with Crippen molar-refractivity contribution >= 4 is 5.97 Å². The lowest BCUT2D eigenvalue weighted by molar-refractivity contribution is -0.188. The van der Waals surface area contributed by atoms with Crippen molar-refractivity contribution in [2.24, 2.45) is 0 Å². The van der Waals surface area contributed by atoms with Crippen LogP contribution in [0.2, 0.25) is 0 Å². The van der Waals surface area contributed by atoms with E-state index >= 15 is 0 Å². The molecule has 0 aliphatic carbocycles.